The van der Waals surface area contributed by atoms with Crippen molar-refractivity contribution in [1.29, 1.82) is 0 Å². The number of esters is 1. The van der Waals surface area contributed by atoms with Crippen molar-refractivity contribution >= 4 is 61.4 Å². The predicted molar refractivity (Wildman–Crippen MR) is 117 cm³/mol. The first kappa shape index (κ1) is 22.9. The summed E-state index contributed by atoms with van der Waals surface area (Å²) in [6.45, 7) is 5.80. The highest BCUT2D eigenvalue weighted by molar-refractivity contribution is 14.2. The van der Waals surface area contributed by atoms with Crippen LogP contribution in [0.4, 0.5) is 0 Å². The molecule has 0 saturated carbocycles. The van der Waals surface area contributed by atoms with E-state index in [1.165, 1.54) is 68.0 Å². The zero-order chi connectivity index (χ0) is 16.8. The molecule has 0 aliphatic carbocycles. The molecule has 0 saturated heterocycles. The molecule has 0 aromatic heterocycles. The van der Waals surface area contributed by atoms with Crippen molar-refractivity contribution in [2.45, 2.75) is 78.6 Å². The number of carbonyl (C=O) groups excluding carboxylic acids is 1. The molecule has 0 aromatic rings. The second-order valence-corrected chi connectivity index (χ2v) is 18.9. The lowest BCUT2D eigenvalue weighted by molar-refractivity contribution is -0.139. The molecular formula is C17H32I2O2Si. The van der Waals surface area contributed by atoms with E-state index >= 15 is 0 Å². The molecule has 0 amide bonds. The molecule has 5 heteroatoms. The molecule has 0 unspecified atom stereocenters. The zero-order valence-corrected chi connectivity index (χ0v) is 20.6. The minimum Gasteiger partial charge on any atom is -0.462 e. The van der Waals surface area contributed by atoms with Gasteiger partial charge in [-0.3, -0.25) is 0 Å². The summed E-state index contributed by atoms with van der Waals surface area (Å²) in [7, 11) is 1.29. The first-order chi connectivity index (χ1) is 10.3. The quantitative estimate of drug-likeness (QED) is 0.0735. The van der Waals surface area contributed by atoms with E-state index in [0.717, 1.165) is 12.8 Å². The molecule has 0 bridgehead atoms. The zero-order valence-electron chi connectivity index (χ0n) is 14.3. The van der Waals surface area contributed by atoms with E-state index < -0.39 is 0 Å². The van der Waals surface area contributed by atoms with Crippen LogP contribution in [-0.4, -0.2) is 23.9 Å². The summed E-state index contributed by atoms with van der Waals surface area (Å²) in [5.74, 6) is -0.257. The normalized spacial score (nSPS) is 11.6. The molecule has 0 atom stereocenters. The molecule has 2 nitrogen and oxygen atoms in total. The van der Waals surface area contributed by atoms with Crippen molar-refractivity contribution in [1.82, 2.24) is 0 Å². The molecule has 130 valence electrons. The van der Waals surface area contributed by atoms with Gasteiger partial charge < -0.3 is 4.74 Å². The van der Waals surface area contributed by atoms with Gasteiger partial charge in [0.15, 0.2) is 0 Å². The summed E-state index contributed by atoms with van der Waals surface area (Å²) >= 11 is 5.19. The minimum atomic E-state index is -0.257. The molecular weight excluding hydrogens is 518 g/mol. The van der Waals surface area contributed by atoms with Crippen molar-refractivity contribution < 1.29 is 9.53 Å². The van der Waals surface area contributed by atoms with Gasteiger partial charge in [0, 0.05) is 15.8 Å². The summed E-state index contributed by atoms with van der Waals surface area (Å²) in [6.07, 6.45) is 14.5. The van der Waals surface area contributed by atoms with Crippen LogP contribution in [0.2, 0.25) is 0 Å². The standard InChI is InChI=1S/C17H32I2O2Si/c1-15(2)16(20)21-14-12-10-8-6-4-3-5-7-9-11-13-17(18,19)22/h1,3-14H2,2,22H3. The lowest BCUT2D eigenvalue weighted by Gasteiger charge is -2.13. The molecule has 0 radical (unpaired) electrons. The third kappa shape index (κ3) is 17.2. The Kier molecular flexibility index (Phi) is 14.8. The van der Waals surface area contributed by atoms with Gasteiger partial charge in [0.1, 0.15) is 0 Å². The number of ether oxygens (including phenoxy) is 1. The van der Waals surface area contributed by atoms with Crippen LogP contribution >= 0.6 is 45.2 Å². The molecule has 0 aliphatic heterocycles. The van der Waals surface area contributed by atoms with Crippen molar-refractivity contribution in [2.75, 3.05) is 6.61 Å². The second kappa shape index (κ2) is 14.2. The van der Waals surface area contributed by atoms with Crippen LogP contribution in [0.1, 0.15) is 77.6 Å². The van der Waals surface area contributed by atoms with Gasteiger partial charge in [0.25, 0.3) is 0 Å². The van der Waals surface area contributed by atoms with Crippen molar-refractivity contribution in [2.24, 2.45) is 0 Å². The number of hydrogen-bond acceptors (Lipinski definition) is 2. The van der Waals surface area contributed by atoms with Gasteiger partial charge in [-0.1, -0.05) is 110 Å². The summed E-state index contributed by atoms with van der Waals surface area (Å²) in [5.41, 5.74) is 0.490. The van der Waals surface area contributed by atoms with Crippen LogP contribution in [0.5, 0.6) is 0 Å². The van der Waals surface area contributed by atoms with Gasteiger partial charge in [-0.25, -0.2) is 4.79 Å². The van der Waals surface area contributed by atoms with Crippen LogP contribution in [-0.2, 0) is 9.53 Å². The van der Waals surface area contributed by atoms with Crippen molar-refractivity contribution in [3.63, 3.8) is 0 Å². The Morgan fingerprint density at radius 2 is 1.36 bits per heavy atom. The van der Waals surface area contributed by atoms with Gasteiger partial charge in [0.2, 0.25) is 0 Å². The third-order valence-corrected chi connectivity index (χ3v) is 5.17. The fraction of sp³-hybridized carbons (Fsp3) is 0.824. The van der Waals surface area contributed by atoms with Gasteiger partial charge in [-0.05, 0) is 19.8 Å². The van der Waals surface area contributed by atoms with E-state index in [2.05, 4.69) is 51.8 Å². The molecule has 0 spiro atoms. The smallest absolute Gasteiger partial charge is 0.333 e. The molecule has 0 heterocycles. The number of alkyl halides is 2. The number of hydrogen-bond donors (Lipinski definition) is 0. The third-order valence-electron chi connectivity index (χ3n) is 3.59. The fourth-order valence-corrected chi connectivity index (χ4v) is 3.36. The summed E-state index contributed by atoms with van der Waals surface area (Å²) < 4.78 is 5.65. The van der Waals surface area contributed by atoms with Crippen molar-refractivity contribution in [3.05, 3.63) is 12.2 Å². The number of halogens is 2. The molecule has 22 heavy (non-hydrogen) atoms. The highest BCUT2D eigenvalue weighted by Gasteiger charge is 2.12. The Morgan fingerprint density at radius 1 is 0.955 bits per heavy atom. The molecule has 0 rings (SSSR count). The maximum atomic E-state index is 11.2. The Hall–Kier alpha value is 0.887. The second-order valence-electron chi connectivity index (χ2n) is 6.27. The van der Waals surface area contributed by atoms with Crippen LogP contribution < -0.4 is 0 Å². The van der Waals surface area contributed by atoms with E-state index in [1.807, 2.05) is 0 Å². The van der Waals surface area contributed by atoms with Crippen LogP contribution in [0, 0.1) is 0 Å². The lowest BCUT2D eigenvalue weighted by atomic mass is 10.1. The van der Waals surface area contributed by atoms with E-state index in [4.69, 9.17) is 4.74 Å². The predicted octanol–water partition coefficient (Wildman–Crippen LogP) is 5.29. The van der Waals surface area contributed by atoms with Crippen LogP contribution in [0.15, 0.2) is 12.2 Å². The van der Waals surface area contributed by atoms with Gasteiger partial charge in [-0.2, -0.15) is 0 Å². The Labute approximate surface area is 167 Å². The highest BCUT2D eigenvalue weighted by atomic mass is 127. The van der Waals surface area contributed by atoms with Crippen LogP contribution in [0.25, 0.3) is 0 Å². The van der Waals surface area contributed by atoms with E-state index in [1.54, 1.807) is 6.92 Å². The number of carbonyl (C=O) groups is 1. The summed E-state index contributed by atoms with van der Waals surface area (Å²) in [4.78, 5) is 11.2. The van der Waals surface area contributed by atoms with Gasteiger partial charge in [0.05, 0.1) is 7.66 Å². The number of unbranched alkanes of at least 4 members (excludes halogenated alkanes) is 9. The minimum absolute atomic E-state index is 0.257. The molecule has 0 N–H and O–H groups in total. The Morgan fingerprint density at radius 3 is 1.77 bits per heavy atom. The van der Waals surface area contributed by atoms with Gasteiger partial charge >= 0.3 is 5.97 Å². The monoisotopic (exact) mass is 550 g/mol. The average molecular weight is 550 g/mol. The summed E-state index contributed by atoms with van der Waals surface area (Å²) in [6, 6.07) is 0. The SMILES string of the molecule is C=C(C)C(=O)OCCCCCCCCCCCCC([SiH3])(I)I. The van der Waals surface area contributed by atoms with Crippen LogP contribution in [0.3, 0.4) is 0 Å². The average Bonchev–Trinajstić information content (AvgIpc) is 2.42. The van der Waals surface area contributed by atoms with Crippen molar-refractivity contribution in [3.8, 4) is 0 Å². The number of rotatable bonds is 14. The van der Waals surface area contributed by atoms with E-state index in [9.17, 15) is 4.79 Å². The molecule has 0 aromatic carbocycles. The highest BCUT2D eigenvalue weighted by Crippen LogP contribution is 2.29. The Bertz CT molecular complexity index is 314. The maximum Gasteiger partial charge on any atom is 0.333 e. The Balaban J connectivity index is 3.15. The fourth-order valence-electron chi connectivity index (χ4n) is 2.24. The summed E-state index contributed by atoms with van der Waals surface area (Å²) in [5, 5.41) is 0. The van der Waals surface area contributed by atoms with E-state index in [-0.39, 0.29) is 5.97 Å². The maximum absolute atomic E-state index is 11.2. The topological polar surface area (TPSA) is 26.3 Å². The first-order valence-electron chi connectivity index (χ1n) is 8.53. The van der Waals surface area contributed by atoms with Gasteiger partial charge in [-0.15, -0.1) is 0 Å². The first-order valence-corrected chi connectivity index (χ1v) is 11.7. The molecule has 0 aliphatic rings. The largest absolute Gasteiger partial charge is 0.462 e. The lowest BCUT2D eigenvalue weighted by Crippen LogP contribution is -2.08. The van der Waals surface area contributed by atoms with E-state index in [0.29, 0.717) is 13.2 Å². The molecule has 0 fully saturated rings.